The lowest BCUT2D eigenvalue weighted by Crippen LogP contribution is -2.41. The van der Waals surface area contributed by atoms with Crippen molar-refractivity contribution in [2.24, 2.45) is 0 Å². The van der Waals surface area contributed by atoms with E-state index in [0.717, 1.165) is 12.2 Å². The van der Waals surface area contributed by atoms with Crippen molar-refractivity contribution >= 4 is 34.7 Å². The maximum Gasteiger partial charge on any atom is 0.136 e. The van der Waals surface area contributed by atoms with Crippen LogP contribution in [0.25, 0.3) is 0 Å². The topological polar surface area (TPSA) is 20.3 Å². The zero-order chi connectivity index (χ0) is 11.7. The summed E-state index contributed by atoms with van der Waals surface area (Å²) in [5, 5.41) is 1.36. The first-order chi connectivity index (χ1) is 7.58. The molecule has 1 aromatic rings. The Bertz CT molecular complexity index is 419. The molecule has 2 nitrogen and oxygen atoms in total. The minimum Gasteiger partial charge on any atom is -0.367 e. The molecule has 0 amide bonds. The molecule has 0 radical (unpaired) electrons. The van der Waals surface area contributed by atoms with Gasteiger partial charge in [0, 0.05) is 30.5 Å². The maximum absolute atomic E-state index is 11.3. The van der Waals surface area contributed by atoms with Crippen LogP contribution in [0.1, 0.15) is 19.8 Å². The lowest BCUT2D eigenvalue weighted by molar-refractivity contribution is -0.120. The molecule has 1 atom stereocenters. The Morgan fingerprint density at radius 2 is 2.12 bits per heavy atom. The van der Waals surface area contributed by atoms with E-state index in [1.165, 1.54) is 0 Å². The molecular weight excluding hydrogens is 245 g/mol. The summed E-state index contributed by atoms with van der Waals surface area (Å²) >= 11 is 12.1. The van der Waals surface area contributed by atoms with Crippen molar-refractivity contribution < 1.29 is 4.79 Å². The number of halogens is 2. The number of Topliss-reactive ketones (excluding diaryl/α,β-unsaturated/α-hetero) is 1. The van der Waals surface area contributed by atoms with Crippen LogP contribution in [-0.2, 0) is 4.79 Å². The zero-order valence-corrected chi connectivity index (χ0v) is 10.6. The summed E-state index contributed by atoms with van der Waals surface area (Å²) in [5.74, 6) is 0.321. The fourth-order valence-electron chi connectivity index (χ4n) is 2.07. The number of anilines is 1. The summed E-state index contributed by atoms with van der Waals surface area (Å²) in [4.78, 5) is 13.5. The number of ketones is 1. The van der Waals surface area contributed by atoms with Crippen LogP contribution < -0.4 is 4.90 Å². The molecule has 86 valence electrons. The van der Waals surface area contributed by atoms with E-state index in [0.29, 0.717) is 28.7 Å². The van der Waals surface area contributed by atoms with E-state index in [4.69, 9.17) is 23.2 Å². The van der Waals surface area contributed by atoms with Gasteiger partial charge in [0.15, 0.2) is 0 Å². The van der Waals surface area contributed by atoms with Crippen LogP contribution in [-0.4, -0.2) is 18.4 Å². The van der Waals surface area contributed by atoms with Gasteiger partial charge in [0.2, 0.25) is 0 Å². The molecule has 0 aromatic heterocycles. The van der Waals surface area contributed by atoms with Gasteiger partial charge < -0.3 is 4.90 Å². The van der Waals surface area contributed by atoms with E-state index in [1.54, 1.807) is 12.1 Å². The Morgan fingerprint density at radius 3 is 2.81 bits per heavy atom. The molecule has 4 heteroatoms. The van der Waals surface area contributed by atoms with Crippen LogP contribution in [0.15, 0.2) is 18.2 Å². The minimum absolute atomic E-state index is 0.192. The summed E-state index contributed by atoms with van der Waals surface area (Å²) in [6.45, 7) is 2.76. The van der Waals surface area contributed by atoms with Crippen LogP contribution in [0.2, 0.25) is 10.0 Å². The Labute approximate surface area is 105 Å². The maximum atomic E-state index is 11.3. The monoisotopic (exact) mass is 257 g/mol. The molecule has 1 aromatic carbocycles. The second kappa shape index (κ2) is 4.64. The van der Waals surface area contributed by atoms with Crippen LogP contribution in [0, 0.1) is 0 Å². The third-order valence-electron chi connectivity index (χ3n) is 2.90. The Balaban J connectivity index is 2.29. The Kier molecular flexibility index (Phi) is 3.41. The largest absolute Gasteiger partial charge is 0.367 e. The second-order valence-electron chi connectivity index (χ2n) is 4.13. The van der Waals surface area contributed by atoms with Crippen molar-refractivity contribution in [2.45, 2.75) is 25.8 Å². The van der Waals surface area contributed by atoms with Crippen molar-refractivity contribution in [3.05, 3.63) is 28.2 Å². The molecule has 1 heterocycles. The minimum atomic E-state index is 0.192. The SMILES string of the molecule is CC1CC(=O)CCN1c1cc(Cl)ccc1Cl. The van der Waals surface area contributed by atoms with Crippen molar-refractivity contribution in [1.29, 1.82) is 0 Å². The molecule has 1 fully saturated rings. The van der Waals surface area contributed by atoms with Gasteiger partial charge in [0.1, 0.15) is 5.78 Å². The van der Waals surface area contributed by atoms with E-state index in [-0.39, 0.29) is 6.04 Å². The smallest absolute Gasteiger partial charge is 0.136 e. The first kappa shape index (κ1) is 11.7. The molecular formula is C12H13Cl2NO. The van der Waals surface area contributed by atoms with Crippen molar-refractivity contribution in [3.63, 3.8) is 0 Å². The summed E-state index contributed by atoms with van der Waals surface area (Å²) < 4.78 is 0. The van der Waals surface area contributed by atoms with Gasteiger partial charge >= 0.3 is 0 Å². The molecule has 0 bridgehead atoms. The van der Waals surface area contributed by atoms with Crippen molar-refractivity contribution in [2.75, 3.05) is 11.4 Å². The van der Waals surface area contributed by atoms with Gasteiger partial charge in [-0.05, 0) is 25.1 Å². The summed E-state index contributed by atoms with van der Waals surface area (Å²) in [6.07, 6.45) is 1.18. The van der Waals surface area contributed by atoms with Gasteiger partial charge in [0.05, 0.1) is 10.7 Å². The third kappa shape index (κ3) is 2.33. The fraction of sp³-hybridized carbons (Fsp3) is 0.417. The van der Waals surface area contributed by atoms with Crippen LogP contribution in [0.4, 0.5) is 5.69 Å². The highest BCUT2D eigenvalue weighted by atomic mass is 35.5. The molecule has 1 unspecified atom stereocenters. The molecule has 0 spiro atoms. The van der Waals surface area contributed by atoms with Crippen LogP contribution in [0.5, 0.6) is 0 Å². The van der Waals surface area contributed by atoms with Gasteiger partial charge in [0.25, 0.3) is 0 Å². The average molecular weight is 258 g/mol. The summed E-state index contributed by atoms with van der Waals surface area (Å²) in [5.41, 5.74) is 0.925. The first-order valence-electron chi connectivity index (χ1n) is 5.31. The van der Waals surface area contributed by atoms with Gasteiger partial charge in [-0.15, -0.1) is 0 Å². The number of carbonyl (C=O) groups is 1. The highest BCUT2D eigenvalue weighted by Gasteiger charge is 2.25. The van der Waals surface area contributed by atoms with Gasteiger partial charge in [-0.3, -0.25) is 4.79 Å². The van der Waals surface area contributed by atoms with Crippen LogP contribution in [0.3, 0.4) is 0 Å². The third-order valence-corrected chi connectivity index (χ3v) is 3.46. The molecule has 0 N–H and O–H groups in total. The van der Waals surface area contributed by atoms with E-state index in [2.05, 4.69) is 4.90 Å². The molecule has 0 saturated carbocycles. The van der Waals surface area contributed by atoms with E-state index in [9.17, 15) is 4.79 Å². The van der Waals surface area contributed by atoms with Crippen molar-refractivity contribution in [1.82, 2.24) is 0 Å². The Morgan fingerprint density at radius 1 is 1.38 bits per heavy atom. The Hall–Kier alpha value is -0.730. The number of benzene rings is 1. The normalized spacial score (nSPS) is 21.3. The predicted molar refractivity (Wildman–Crippen MR) is 67.5 cm³/mol. The van der Waals surface area contributed by atoms with Crippen molar-refractivity contribution in [3.8, 4) is 0 Å². The van der Waals surface area contributed by atoms with Crippen LogP contribution >= 0.6 is 23.2 Å². The fourth-order valence-corrected chi connectivity index (χ4v) is 2.46. The first-order valence-corrected chi connectivity index (χ1v) is 6.07. The second-order valence-corrected chi connectivity index (χ2v) is 4.97. The summed E-state index contributed by atoms with van der Waals surface area (Å²) in [7, 11) is 0. The summed E-state index contributed by atoms with van der Waals surface area (Å²) in [6, 6.07) is 5.61. The zero-order valence-electron chi connectivity index (χ0n) is 9.04. The van der Waals surface area contributed by atoms with Gasteiger partial charge in [-0.2, -0.15) is 0 Å². The molecule has 1 saturated heterocycles. The highest BCUT2D eigenvalue weighted by Crippen LogP contribution is 2.32. The lowest BCUT2D eigenvalue weighted by Gasteiger charge is -2.35. The van der Waals surface area contributed by atoms with E-state index >= 15 is 0 Å². The average Bonchev–Trinajstić information content (AvgIpc) is 2.22. The highest BCUT2D eigenvalue weighted by molar-refractivity contribution is 6.35. The van der Waals surface area contributed by atoms with Gasteiger partial charge in [-0.1, -0.05) is 23.2 Å². The van der Waals surface area contributed by atoms with Gasteiger partial charge in [-0.25, -0.2) is 0 Å². The number of carbonyl (C=O) groups excluding carboxylic acids is 1. The molecule has 16 heavy (non-hydrogen) atoms. The molecule has 2 rings (SSSR count). The van der Waals surface area contributed by atoms with E-state index in [1.807, 2.05) is 13.0 Å². The molecule has 1 aliphatic rings. The standard InChI is InChI=1S/C12H13Cl2NO/c1-8-6-10(16)4-5-15(8)12-7-9(13)2-3-11(12)14/h2-3,7-8H,4-6H2,1H3. The number of piperidine rings is 1. The number of hydrogen-bond acceptors (Lipinski definition) is 2. The predicted octanol–water partition coefficient (Wildman–Crippen LogP) is 3.55. The number of rotatable bonds is 1. The van der Waals surface area contributed by atoms with E-state index < -0.39 is 0 Å². The number of hydrogen-bond donors (Lipinski definition) is 0. The molecule has 0 aliphatic carbocycles. The lowest BCUT2D eigenvalue weighted by atomic mass is 10.0. The molecule has 1 aliphatic heterocycles. The quantitative estimate of drug-likeness (QED) is 0.767. The number of nitrogens with zero attached hydrogens (tertiary/aromatic N) is 1.